The Hall–Kier alpha value is -1.95. The van der Waals surface area contributed by atoms with Crippen LogP contribution in [0.4, 0.5) is 0 Å². The van der Waals surface area contributed by atoms with Gasteiger partial charge in [-0.2, -0.15) is 0 Å². The van der Waals surface area contributed by atoms with Gasteiger partial charge in [0.1, 0.15) is 6.61 Å². The van der Waals surface area contributed by atoms with Crippen molar-refractivity contribution < 1.29 is 14.6 Å². The van der Waals surface area contributed by atoms with Gasteiger partial charge >= 0.3 is 0 Å². The molecule has 1 atom stereocenters. The number of hydrogen-bond acceptors (Lipinski definition) is 6. The Bertz CT molecular complexity index is 477. The van der Waals surface area contributed by atoms with Crippen LogP contribution in [0.2, 0.25) is 0 Å². The lowest BCUT2D eigenvalue weighted by atomic mass is 10.2. The highest BCUT2D eigenvalue weighted by Crippen LogP contribution is 2.27. The summed E-state index contributed by atoms with van der Waals surface area (Å²) in [5.74, 6) is 2.12. The predicted molar refractivity (Wildman–Crippen MR) is 77.3 cm³/mol. The summed E-state index contributed by atoms with van der Waals surface area (Å²) < 4.78 is 10.7. The Kier molecular flexibility index (Phi) is 5.06. The fourth-order valence-corrected chi connectivity index (χ4v) is 1.94. The average Bonchev–Trinajstić information content (AvgIpc) is 2.89. The number of benzene rings is 1. The second kappa shape index (κ2) is 7.00. The molecule has 3 N–H and O–H groups in total. The number of rotatable bonds is 6. The molecular formula is C14H21N3O3. The van der Waals surface area contributed by atoms with Gasteiger partial charge in [-0.3, -0.25) is 4.99 Å². The summed E-state index contributed by atoms with van der Waals surface area (Å²) in [5, 5.41) is 15.3. The Morgan fingerprint density at radius 1 is 1.45 bits per heavy atom. The number of nitrogens with one attached hydrogen (secondary N) is 2. The maximum Gasteiger partial charge on any atom is 0.191 e. The van der Waals surface area contributed by atoms with Crippen molar-refractivity contribution in [3.8, 4) is 11.5 Å². The summed E-state index contributed by atoms with van der Waals surface area (Å²) in [6.07, 6.45) is 0. The Morgan fingerprint density at radius 2 is 2.30 bits per heavy atom. The van der Waals surface area contributed by atoms with Crippen LogP contribution < -0.4 is 20.1 Å². The van der Waals surface area contributed by atoms with Crippen molar-refractivity contribution in [2.45, 2.75) is 19.5 Å². The van der Waals surface area contributed by atoms with Crippen LogP contribution in [0.1, 0.15) is 12.5 Å². The molecule has 0 aromatic heterocycles. The molecule has 0 saturated carbocycles. The smallest absolute Gasteiger partial charge is 0.191 e. The lowest BCUT2D eigenvalue weighted by Gasteiger charge is -2.13. The number of aliphatic imine (C=N–C) groups is 1. The predicted octanol–water partition coefficient (Wildman–Crippen LogP) is 0.504. The second-order valence-electron chi connectivity index (χ2n) is 4.65. The first-order valence-electron chi connectivity index (χ1n) is 6.68. The summed E-state index contributed by atoms with van der Waals surface area (Å²) in [6, 6.07) is 6.11. The van der Waals surface area contributed by atoms with Crippen LogP contribution in [0.25, 0.3) is 0 Å². The normalized spacial score (nSPS) is 17.4. The van der Waals surface area contributed by atoms with E-state index < -0.39 is 0 Å². The molecule has 1 aromatic rings. The zero-order valence-electron chi connectivity index (χ0n) is 11.8. The largest absolute Gasteiger partial charge is 0.493 e. The molecule has 0 spiro atoms. The third-order valence-electron chi connectivity index (χ3n) is 2.94. The third-order valence-corrected chi connectivity index (χ3v) is 2.94. The molecule has 0 radical (unpaired) electrons. The zero-order valence-corrected chi connectivity index (χ0v) is 11.8. The number of aliphatic hydroxyl groups excluding tert-OH is 1. The molecule has 6 nitrogen and oxygen atoms in total. The Morgan fingerprint density at radius 3 is 2.95 bits per heavy atom. The van der Waals surface area contributed by atoms with E-state index in [1.165, 1.54) is 0 Å². The third kappa shape index (κ3) is 3.77. The van der Waals surface area contributed by atoms with Crippen molar-refractivity contribution in [2.75, 3.05) is 26.9 Å². The number of ether oxygens (including phenoxy) is 2. The molecule has 1 aliphatic rings. The molecule has 0 aliphatic carbocycles. The van der Waals surface area contributed by atoms with E-state index >= 15 is 0 Å². The quantitative estimate of drug-likeness (QED) is 0.707. The standard InChI is InChI=1S/C14H21N3O3/c1-10-8-15-14(17-10)16-9-11-3-4-12(20-6-5-18)13(7-11)19-2/h3-4,7,10,18H,5-6,8-9H2,1-2H3,(H2,15,16,17). The minimum atomic E-state index is -0.0177. The highest BCUT2D eigenvalue weighted by molar-refractivity contribution is 5.81. The minimum Gasteiger partial charge on any atom is -0.493 e. The molecule has 1 aliphatic heterocycles. The van der Waals surface area contributed by atoms with Gasteiger partial charge in [0, 0.05) is 12.6 Å². The van der Waals surface area contributed by atoms with Gasteiger partial charge in [-0.15, -0.1) is 0 Å². The van der Waals surface area contributed by atoms with Crippen molar-refractivity contribution >= 4 is 5.96 Å². The molecule has 6 heteroatoms. The molecule has 0 saturated heterocycles. The van der Waals surface area contributed by atoms with Crippen LogP contribution in [0.15, 0.2) is 23.2 Å². The van der Waals surface area contributed by atoms with Crippen molar-refractivity contribution in [3.05, 3.63) is 23.8 Å². The summed E-state index contributed by atoms with van der Waals surface area (Å²) in [7, 11) is 1.60. The number of hydrogen-bond donors (Lipinski definition) is 3. The first-order valence-corrected chi connectivity index (χ1v) is 6.68. The molecule has 1 heterocycles. The number of aliphatic hydroxyl groups is 1. The first-order chi connectivity index (χ1) is 9.72. The zero-order chi connectivity index (χ0) is 14.4. The highest BCUT2D eigenvalue weighted by atomic mass is 16.5. The minimum absolute atomic E-state index is 0.0177. The van der Waals surface area contributed by atoms with Crippen LogP contribution in [0.5, 0.6) is 11.5 Å². The molecule has 110 valence electrons. The number of methoxy groups -OCH3 is 1. The van der Waals surface area contributed by atoms with E-state index in [2.05, 4.69) is 22.5 Å². The van der Waals surface area contributed by atoms with Crippen LogP contribution >= 0.6 is 0 Å². The number of guanidine groups is 1. The van der Waals surface area contributed by atoms with Crippen molar-refractivity contribution in [1.82, 2.24) is 10.6 Å². The van der Waals surface area contributed by atoms with Crippen LogP contribution in [-0.2, 0) is 6.54 Å². The monoisotopic (exact) mass is 279 g/mol. The fraction of sp³-hybridized carbons (Fsp3) is 0.500. The van der Waals surface area contributed by atoms with E-state index in [-0.39, 0.29) is 13.2 Å². The maximum atomic E-state index is 8.78. The van der Waals surface area contributed by atoms with Gasteiger partial charge in [-0.25, -0.2) is 0 Å². The van der Waals surface area contributed by atoms with Crippen LogP contribution in [0.3, 0.4) is 0 Å². The molecule has 0 fully saturated rings. The molecule has 0 amide bonds. The number of nitrogens with zero attached hydrogens (tertiary/aromatic N) is 1. The average molecular weight is 279 g/mol. The first kappa shape index (κ1) is 14.5. The van der Waals surface area contributed by atoms with E-state index in [1.807, 2.05) is 18.2 Å². The molecule has 1 aromatic carbocycles. The fourth-order valence-electron chi connectivity index (χ4n) is 1.94. The lowest BCUT2D eigenvalue weighted by molar-refractivity contribution is 0.196. The van der Waals surface area contributed by atoms with Crippen LogP contribution in [0, 0.1) is 0 Å². The van der Waals surface area contributed by atoms with Gasteiger partial charge in [0.15, 0.2) is 17.5 Å². The van der Waals surface area contributed by atoms with Gasteiger partial charge < -0.3 is 25.2 Å². The van der Waals surface area contributed by atoms with Crippen molar-refractivity contribution in [2.24, 2.45) is 4.99 Å². The van der Waals surface area contributed by atoms with Crippen molar-refractivity contribution in [3.63, 3.8) is 0 Å². The van der Waals surface area contributed by atoms with E-state index in [0.29, 0.717) is 24.1 Å². The Labute approximate surface area is 118 Å². The summed E-state index contributed by atoms with van der Waals surface area (Å²) in [6.45, 7) is 3.80. The van der Waals surface area contributed by atoms with Gasteiger partial charge in [-0.05, 0) is 24.6 Å². The molecule has 2 rings (SSSR count). The maximum absolute atomic E-state index is 8.78. The second-order valence-corrected chi connectivity index (χ2v) is 4.65. The van der Waals surface area contributed by atoms with Gasteiger partial charge in [0.05, 0.1) is 20.3 Å². The van der Waals surface area contributed by atoms with E-state index in [0.717, 1.165) is 18.1 Å². The summed E-state index contributed by atoms with van der Waals surface area (Å²) in [5.41, 5.74) is 1.07. The molecular weight excluding hydrogens is 258 g/mol. The van der Waals surface area contributed by atoms with Gasteiger partial charge in [0.2, 0.25) is 0 Å². The molecule has 0 bridgehead atoms. The lowest BCUT2D eigenvalue weighted by Crippen LogP contribution is -2.37. The SMILES string of the molecule is COc1cc(CNC2=NCC(C)N2)ccc1OCCO. The summed E-state index contributed by atoms with van der Waals surface area (Å²) in [4.78, 5) is 4.34. The van der Waals surface area contributed by atoms with Gasteiger partial charge in [-0.1, -0.05) is 6.07 Å². The molecule has 1 unspecified atom stereocenters. The molecule has 20 heavy (non-hydrogen) atoms. The van der Waals surface area contributed by atoms with Crippen molar-refractivity contribution in [1.29, 1.82) is 0 Å². The van der Waals surface area contributed by atoms with Gasteiger partial charge in [0.25, 0.3) is 0 Å². The summed E-state index contributed by atoms with van der Waals surface area (Å²) >= 11 is 0. The highest BCUT2D eigenvalue weighted by Gasteiger charge is 2.12. The van der Waals surface area contributed by atoms with E-state index in [4.69, 9.17) is 14.6 Å². The van der Waals surface area contributed by atoms with E-state index in [1.54, 1.807) is 7.11 Å². The Balaban J connectivity index is 1.95. The topological polar surface area (TPSA) is 75.1 Å². The van der Waals surface area contributed by atoms with Crippen LogP contribution in [-0.4, -0.2) is 44.0 Å². The van der Waals surface area contributed by atoms with E-state index in [9.17, 15) is 0 Å².